The standard InChI is InChI=1S/C9H14N2.C8H17N.C2H6/c1-7(2)6-8-4-3-5-11-9(8)10;1-2-6-9-7-4-3-5-8-9;1-2/h3-5,7H,6H2,1-2H3,(H2,10,11);2-8H2,1H3;1-2H3. The van der Waals surface area contributed by atoms with Crippen molar-refractivity contribution in [2.75, 3.05) is 25.4 Å². The number of likely N-dealkylation sites (tertiary alicyclic amines) is 1. The SMILES string of the molecule is CC.CC(C)Cc1cccnc1N.CCCN1CCCCC1. The minimum Gasteiger partial charge on any atom is -0.383 e. The maximum atomic E-state index is 5.66. The summed E-state index contributed by atoms with van der Waals surface area (Å²) in [6, 6.07) is 3.95. The number of pyridine rings is 1. The summed E-state index contributed by atoms with van der Waals surface area (Å²) in [5.74, 6) is 1.31. The Morgan fingerprint density at radius 1 is 1.18 bits per heavy atom. The molecule has 1 saturated heterocycles. The van der Waals surface area contributed by atoms with Gasteiger partial charge >= 0.3 is 0 Å². The van der Waals surface area contributed by atoms with E-state index >= 15 is 0 Å². The van der Waals surface area contributed by atoms with Gasteiger partial charge in [0.05, 0.1) is 0 Å². The molecule has 128 valence electrons. The van der Waals surface area contributed by atoms with Gasteiger partial charge in [0, 0.05) is 6.20 Å². The molecule has 3 nitrogen and oxygen atoms in total. The van der Waals surface area contributed by atoms with Crippen molar-refractivity contribution in [3.8, 4) is 0 Å². The van der Waals surface area contributed by atoms with Crippen LogP contribution in [0.4, 0.5) is 5.82 Å². The third-order valence-corrected chi connectivity index (χ3v) is 3.54. The predicted molar refractivity (Wildman–Crippen MR) is 99.1 cm³/mol. The lowest BCUT2D eigenvalue weighted by atomic mass is 10.0. The summed E-state index contributed by atoms with van der Waals surface area (Å²) in [5, 5.41) is 0. The van der Waals surface area contributed by atoms with Crippen LogP contribution < -0.4 is 5.73 Å². The van der Waals surface area contributed by atoms with Crippen LogP contribution in [0.1, 0.15) is 65.9 Å². The summed E-state index contributed by atoms with van der Waals surface area (Å²) >= 11 is 0. The molecule has 2 rings (SSSR count). The smallest absolute Gasteiger partial charge is 0.126 e. The highest BCUT2D eigenvalue weighted by molar-refractivity contribution is 5.38. The number of hydrogen-bond donors (Lipinski definition) is 1. The number of hydrogen-bond acceptors (Lipinski definition) is 3. The molecule has 0 aliphatic carbocycles. The van der Waals surface area contributed by atoms with Crippen LogP contribution in [0.15, 0.2) is 18.3 Å². The molecule has 0 spiro atoms. The molecule has 0 atom stereocenters. The third-order valence-electron chi connectivity index (χ3n) is 3.54. The zero-order chi connectivity index (χ0) is 16.8. The first-order valence-corrected chi connectivity index (χ1v) is 9.05. The van der Waals surface area contributed by atoms with E-state index in [1.54, 1.807) is 6.20 Å². The number of anilines is 1. The Morgan fingerprint density at radius 2 is 1.82 bits per heavy atom. The first-order chi connectivity index (χ1) is 10.6. The maximum absolute atomic E-state index is 5.66. The quantitative estimate of drug-likeness (QED) is 0.871. The van der Waals surface area contributed by atoms with Crippen LogP contribution >= 0.6 is 0 Å². The fourth-order valence-corrected chi connectivity index (χ4v) is 2.56. The van der Waals surface area contributed by atoms with Gasteiger partial charge in [0.25, 0.3) is 0 Å². The van der Waals surface area contributed by atoms with Crippen LogP contribution in [0, 0.1) is 5.92 Å². The molecule has 2 N–H and O–H groups in total. The molecule has 3 heteroatoms. The minimum absolute atomic E-state index is 0.640. The molecule has 1 fully saturated rings. The lowest BCUT2D eigenvalue weighted by Crippen LogP contribution is -2.30. The second-order valence-corrected chi connectivity index (χ2v) is 6.05. The normalized spacial score (nSPS) is 14.6. The first kappa shape index (κ1) is 20.9. The van der Waals surface area contributed by atoms with E-state index in [2.05, 4.69) is 30.7 Å². The molecular formula is C19H37N3. The van der Waals surface area contributed by atoms with Gasteiger partial charge in [0.15, 0.2) is 0 Å². The molecule has 2 heterocycles. The Hall–Kier alpha value is -1.09. The largest absolute Gasteiger partial charge is 0.383 e. The summed E-state index contributed by atoms with van der Waals surface area (Å²) < 4.78 is 0. The fraction of sp³-hybridized carbons (Fsp3) is 0.737. The topological polar surface area (TPSA) is 42.1 Å². The van der Waals surface area contributed by atoms with E-state index in [0.29, 0.717) is 11.7 Å². The number of aromatic nitrogens is 1. The number of piperidine rings is 1. The van der Waals surface area contributed by atoms with Crippen LogP contribution in [0.5, 0.6) is 0 Å². The van der Waals surface area contributed by atoms with Gasteiger partial charge in [-0.15, -0.1) is 0 Å². The lowest BCUT2D eigenvalue weighted by Gasteiger charge is -2.25. The van der Waals surface area contributed by atoms with Gasteiger partial charge in [-0.25, -0.2) is 4.98 Å². The summed E-state index contributed by atoms with van der Waals surface area (Å²) in [4.78, 5) is 6.58. The average molecular weight is 308 g/mol. The van der Waals surface area contributed by atoms with E-state index in [4.69, 9.17) is 5.73 Å². The summed E-state index contributed by atoms with van der Waals surface area (Å²) in [7, 11) is 0. The lowest BCUT2D eigenvalue weighted by molar-refractivity contribution is 0.229. The van der Waals surface area contributed by atoms with E-state index in [1.165, 1.54) is 45.3 Å². The summed E-state index contributed by atoms with van der Waals surface area (Å²) in [6.45, 7) is 14.6. The number of nitrogens with zero attached hydrogens (tertiary/aromatic N) is 2. The van der Waals surface area contributed by atoms with E-state index in [0.717, 1.165) is 12.0 Å². The Morgan fingerprint density at radius 3 is 2.32 bits per heavy atom. The Bertz CT molecular complexity index is 355. The van der Waals surface area contributed by atoms with Crippen molar-refractivity contribution in [2.45, 2.75) is 66.7 Å². The second-order valence-electron chi connectivity index (χ2n) is 6.05. The van der Waals surface area contributed by atoms with Gasteiger partial charge in [-0.3, -0.25) is 0 Å². The van der Waals surface area contributed by atoms with Gasteiger partial charge in [0.1, 0.15) is 5.82 Å². The summed E-state index contributed by atoms with van der Waals surface area (Å²) in [5.41, 5.74) is 6.81. The second kappa shape index (κ2) is 13.6. The molecule has 0 saturated carbocycles. The molecule has 1 aliphatic rings. The van der Waals surface area contributed by atoms with Crippen molar-refractivity contribution in [1.82, 2.24) is 9.88 Å². The molecule has 1 aliphatic heterocycles. The van der Waals surface area contributed by atoms with Crippen LogP contribution in [0.25, 0.3) is 0 Å². The van der Waals surface area contributed by atoms with Gasteiger partial charge in [-0.2, -0.15) is 0 Å². The van der Waals surface area contributed by atoms with E-state index < -0.39 is 0 Å². The molecular weight excluding hydrogens is 270 g/mol. The van der Waals surface area contributed by atoms with Crippen LogP contribution in [0.2, 0.25) is 0 Å². The van der Waals surface area contributed by atoms with Crippen LogP contribution in [-0.4, -0.2) is 29.5 Å². The number of rotatable bonds is 4. The molecule has 0 aromatic carbocycles. The zero-order valence-corrected chi connectivity index (χ0v) is 15.4. The Balaban J connectivity index is 0.000000366. The van der Waals surface area contributed by atoms with Crippen LogP contribution in [0.3, 0.4) is 0 Å². The molecule has 0 radical (unpaired) electrons. The highest BCUT2D eigenvalue weighted by atomic mass is 15.1. The minimum atomic E-state index is 0.640. The molecule has 1 aromatic rings. The summed E-state index contributed by atoms with van der Waals surface area (Å²) in [6.07, 6.45) is 8.37. The van der Waals surface area contributed by atoms with E-state index in [-0.39, 0.29) is 0 Å². The monoisotopic (exact) mass is 307 g/mol. The predicted octanol–water partition coefficient (Wildman–Crippen LogP) is 4.77. The Kier molecular flexibility index (Phi) is 12.9. The van der Waals surface area contributed by atoms with Gasteiger partial charge in [-0.05, 0) is 62.9 Å². The Labute approximate surface area is 138 Å². The molecule has 22 heavy (non-hydrogen) atoms. The molecule has 0 bridgehead atoms. The third kappa shape index (κ3) is 9.78. The van der Waals surface area contributed by atoms with Crippen molar-refractivity contribution >= 4 is 5.82 Å². The highest BCUT2D eigenvalue weighted by Gasteiger charge is 2.07. The van der Waals surface area contributed by atoms with Gasteiger partial charge in [-0.1, -0.05) is 47.1 Å². The van der Waals surface area contributed by atoms with Crippen molar-refractivity contribution in [3.63, 3.8) is 0 Å². The molecule has 0 unspecified atom stereocenters. The van der Waals surface area contributed by atoms with Gasteiger partial charge < -0.3 is 10.6 Å². The van der Waals surface area contributed by atoms with Crippen molar-refractivity contribution < 1.29 is 0 Å². The van der Waals surface area contributed by atoms with Gasteiger partial charge in [0.2, 0.25) is 0 Å². The number of nitrogens with two attached hydrogens (primary N) is 1. The fourth-order valence-electron chi connectivity index (χ4n) is 2.56. The average Bonchev–Trinajstić information content (AvgIpc) is 2.53. The van der Waals surface area contributed by atoms with Crippen molar-refractivity contribution in [1.29, 1.82) is 0 Å². The molecule has 1 aromatic heterocycles. The number of nitrogen functional groups attached to an aromatic ring is 1. The van der Waals surface area contributed by atoms with E-state index in [1.807, 2.05) is 26.0 Å². The highest BCUT2D eigenvalue weighted by Crippen LogP contribution is 2.12. The maximum Gasteiger partial charge on any atom is 0.126 e. The van der Waals surface area contributed by atoms with Crippen molar-refractivity contribution in [3.05, 3.63) is 23.9 Å². The first-order valence-electron chi connectivity index (χ1n) is 9.05. The van der Waals surface area contributed by atoms with Crippen LogP contribution in [-0.2, 0) is 6.42 Å². The molecule has 0 amide bonds. The van der Waals surface area contributed by atoms with E-state index in [9.17, 15) is 0 Å². The van der Waals surface area contributed by atoms with Crippen molar-refractivity contribution in [2.24, 2.45) is 5.92 Å². The zero-order valence-electron chi connectivity index (χ0n) is 15.4.